The van der Waals surface area contributed by atoms with Gasteiger partial charge in [0.1, 0.15) is 19.8 Å². The first-order valence-electron chi connectivity index (χ1n) is 13.4. The number of likely N-dealkylation sites (tertiary alicyclic amines) is 1. The van der Waals surface area contributed by atoms with Crippen LogP contribution >= 0.6 is 11.3 Å². The maximum Gasteiger partial charge on any atom is 0.410 e. The number of carbonyl (C=O) groups excluding carboxylic acids is 1. The fourth-order valence-electron chi connectivity index (χ4n) is 6.34. The van der Waals surface area contributed by atoms with Gasteiger partial charge in [0.25, 0.3) is 0 Å². The van der Waals surface area contributed by atoms with Crippen LogP contribution in [0.4, 0.5) is 9.18 Å². The lowest BCUT2D eigenvalue weighted by atomic mass is 9.93. The molecule has 1 aromatic heterocycles. The zero-order valence-corrected chi connectivity index (χ0v) is 25.3. The minimum Gasteiger partial charge on any atom is -0.444 e. The summed E-state index contributed by atoms with van der Waals surface area (Å²) in [7, 11) is -1.94. The molecule has 202 valence electrons. The van der Waals surface area contributed by atoms with Crippen molar-refractivity contribution in [1.82, 2.24) is 9.88 Å². The largest absolute Gasteiger partial charge is 0.444 e. The van der Waals surface area contributed by atoms with Crippen LogP contribution in [-0.2, 0) is 4.74 Å². The summed E-state index contributed by atoms with van der Waals surface area (Å²) >= 11 is 1.77. The summed E-state index contributed by atoms with van der Waals surface area (Å²) < 4.78 is 22.3. The Balaban J connectivity index is 1.96. The Labute approximate surface area is 221 Å². The first-order valence-corrected chi connectivity index (χ1v) is 16.4. The first kappa shape index (κ1) is 29.0. The molecule has 0 bridgehead atoms. The van der Waals surface area contributed by atoms with E-state index in [2.05, 4.69) is 47.6 Å². The second-order valence-corrected chi connectivity index (χ2v) is 19.5. The van der Waals surface area contributed by atoms with Crippen molar-refractivity contribution in [3.63, 3.8) is 0 Å². The number of fused-ring (bicyclic) bond motifs is 1. The Morgan fingerprint density at radius 2 is 1.81 bits per heavy atom. The van der Waals surface area contributed by atoms with Gasteiger partial charge in [-0.25, -0.2) is 14.2 Å². The number of hydrogen-bond acceptors (Lipinski definition) is 5. The third kappa shape index (κ3) is 5.81. The molecule has 1 amide bonds. The average Bonchev–Trinajstić information content (AvgIpc) is 3.16. The van der Waals surface area contributed by atoms with E-state index in [9.17, 15) is 14.3 Å². The normalized spacial score (nSPS) is 20.6. The minimum absolute atomic E-state index is 0.207. The molecule has 2 heterocycles. The van der Waals surface area contributed by atoms with E-state index in [1.807, 2.05) is 32.9 Å². The Kier molecular flexibility index (Phi) is 8.94. The second-order valence-electron chi connectivity index (χ2n) is 12.3. The number of nitrogens with zero attached hydrogens (tertiary/aromatic N) is 2. The highest BCUT2D eigenvalue weighted by Gasteiger charge is 2.47. The molecule has 3 atom stereocenters. The van der Waals surface area contributed by atoms with E-state index in [0.717, 1.165) is 15.8 Å². The van der Waals surface area contributed by atoms with E-state index in [-0.39, 0.29) is 12.8 Å². The summed E-state index contributed by atoms with van der Waals surface area (Å²) in [4.78, 5) is 19.7. The zero-order valence-electron chi connectivity index (χ0n) is 23.5. The van der Waals surface area contributed by atoms with Crippen LogP contribution in [0.15, 0.2) is 18.2 Å². The molecule has 0 saturated carbocycles. The number of carbonyl (C=O) groups is 1. The summed E-state index contributed by atoms with van der Waals surface area (Å²) in [6.45, 7) is 19.7. The van der Waals surface area contributed by atoms with Crippen molar-refractivity contribution in [2.45, 2.75) is 122 Å². The molecule has 0 spiro atoms. The number of benzene rings is 1. The SMILES string of the molecule is CC(C)[Si](c1nc2c([C@@H](O)C[C@H]3C[C@@H](F)CCN3C(=O)OC(C)(C)C)cccc2s1)(C(C)C)C(C)C. The van der Waals surface area contributed by atoms with E-state index >= 15 is 0 Å². The third-order valence-electron chi connectivity index (χ3n) is 7.82. The number of aliphatic hydroxyl groups is 1. The quantitative estimate of drug-likeness (QED) is 0.376. The summed E-state index contributed by atoms with van der Waals surface area (Å²) in [5.41, 5.74) is 2.60. The molecule has 0 radical (unpaired) electrons. The summed E-state index contributed by atoms with van der Waals surface area (Å²) in [5.74, 6) is 0. The van der Waals surface area contributed by atoms with Gasteiger partial charge in [0, 0.05) is 18.2 Å². The van der Waals surface area contributed by atoms with Crippen LogP contribution in [0.3, 0.4) is 0 Å². The van der Waals surface area contributed by atoms with Gasteiger partial charge in [-0.3, -0.25) is 0 Å². The molecule has 1 saturated heterocycles. The molecular weight excluding hydrogens is 491 g/mol. The highest BCUT2D eigenvalue weighted by Crippen LogP contribution is 2.43. The third-order valence-corrected chi connectivity index (χ3v) is 16.6. The van der Waals surface area contributed by atoms with Gasteiger partial charge in [0.2, 0.25) is 0 Å². The lowest BCUT2D eigenvalue weighted by Crippen LogP contribution is -2.55. The highest BCUT2D eigenvalue weighted by atomic mass is 32.1. The summed E-state index contributed by atoms with van der Waals surface area (Å²) in [6.07, 6.45) is -1.52. The lowest BCUT2D eigenvalue weighted by molar-refractivity contribution is -0.00657. The van der Waals surface area contributed by atoms with Crippen LogP contribution in [-0.4, -0.2) is 53.5 Å². The molecule has 5 nitrogen and oxygen atoms in total. The Morgan fingerprint density at radius 1 is 1.19 bits per heavy atom. The monoisotopic (exact) mass is 536 g/mol. The van der Waals surface area contributed by atoms with Crippen LogP contribution in [0.5, 0.6) is 0 Å². The van der Waals surface area contributed by atoms with Gasteiger partial charge in [0.15, 0.2) is 0 Å². The maximum atomic E-state index is 14.4. The van der Waals surface area contributed by atoms with Crippen molar-refractivity contribution in [1.29, 1.82) is 0 Å². The molecule has 1 aliphatic rings. The molecule has 36 heavy (non-hydrogen) atoms. The predicted octanol–water partition coefficient (Wildman–Crippen LogP) is 7.34. The molecule has 1 aromatic carbocycles. The Morgan fingerprint density at radius 3 is 2.36 bits per heavy atom. The van der Waals surface area contributed by atoms with Crippen LogP contribution in [0, 0.1) is 0 Å². The molecule has 0 aliphatic carbocycles. The smallest absolute Gasteiger partial charge is 0.410 e. The van der Waals surface area contributed by atoms with E-state index in [1.54, 1.807) is 16.2 Å². The number of para-hydroxylation sites is 1. The van der Waals surface area contributed by atoms with Gasteiger partial charge in [-0.1, -0.05) is 53.7 Å². The first-order chi connectivity index (χ1) is 16.7. The number of rotatable bonds is 7. The maximum absolute atomic E-state index is 14.4. The van der Waals surface area contributed by atoms with Gasteiger partial charge >= 0.3 is 6.09 Å². The second kappa shape index (κ2) is 11.1. The fraction of sp³-hybridized carbons (Fsp3) is 0.714. The standard InChI is InChI=1S/C28H45FN2O3SSi/c1-17(2)36(18(3)4,19(5)6)26-30-25-22(11-10-12-24(25)35-26)23(32)16-21-15-20(29)13-14-31(21)27(33)34-28(7,8)9/h10-12,17-21,23,32H,13-16H2,1-9H3/t20-,21+,23-/m0/s1. The van der Waals surface area contributed by atoms with Gasteiger partial charge in [0.05, 0.1) is 21.0 Å². The number of alkyl halides is 1. The summed E-state index contributed by atoms with van der Waals surface area (Å²) in [5, 5.41) is 11.4. The number of halogens is 1. The molecule has 1 fully saturated rings. The minimum atomic E-state index is -1.94. The number of piperidine rings is 1. The lowest BCUT2D eigenvalue weighted by Gasteiger charge is -2.41. The molecule has 1 aliphatic heterocycles. The average molecular weight is 537 g/mol. The van der Waals surface area contributed by atoms with Crippen molar-refractivity contribution >= 4 is 40.4 Å². The van der Waals surface area contributed by atoms with Gasteiger partial charge in [-0.15, -0.1) is 11.3 Å². The van der Waals surface area contributed by atoms with Crippen molar-refractivity contribution in [3.05, 3.63) is 23.8 Å². The van der Waals surface area contributed by atoms with E-state index in [0.29, 0.717) is 29.6 Å². The van der Waals surface area contributed by atoms with E-state index in [4.69, 9.17) is 9.72 Å². The Bertz CT molecular complexity index is 1030. The van der Waals surface area contributed by atoms with Crippen LogP contribution in [0.2, 0.25) is 16.6 Å². The topological polar surface area (TPSA) is 62.7 Å². The molecule has 8 heteroatoms. The molecule has 1 N–H and O–H groups in total. The zero-order chi connectivity index (χ0) is 27.0. The number of amides is 1. The molecule has 2 aromatic rings. The Hall–Kier alpha value is -1.51. The van der Waals surface area contributed by atoms with Crippen molar-refractivity contribution in [2.75, 3.05) is 6.54 Å². The number of aromatic nitrogens is 1. The van der Waals surface area contributed by atoms with Gasteiger partial charge in [-0.2, -0.15) is 0 Å². The number of ether oxygens (including phenoxy) is 1. The molecule has 3 rings (SSSR count). The van der Waals surface area contributed by atoms with E-state index < -0.39 is 38.1 Å². The van der Waals surface area contributed by atoms with Crippen LogP contribution < -0.4 is 4.63 Å². The fourth-order valence-corrected chi connectivity index (χ4v) is 16.0. The van der Waals surface area contributed by atoms with Crippen molar-refractivity contribution in [2.24, 2.45) is 0 Å². The van der Waals surface area contributed by atoms with E-state index in [1.165, 1.54) is 4.63 Å². The van der Waals surface area contributed by atoms with Crippen LogP contribution in [0.25, 0.3) is 10.2 Å². The van der Waals surface area contributed by atoms with Crippen molar-refractivity contribution < 1.29 is 19.0 Å². The van der Waals surface area contributed by atoms with Gasteiger partial charge < -0.3 is 14.7 Å². The highest BCUT2D eigenvalue weighted by molar-refractivity contribution is 7.31. The molecule has 0 unspecified atom stereocenters. The molecular formula is C28H45FN2O3SSi. The van der Waals surface area contributed by atoms with Gasteiger partial charge in [-0.05, 0) is 62.7 Å². The predicted molar refractivity (Wildman–Crippen MR) is 151 cm³/mol. The number of aliphatic hydroxyl groups excluding tert-OH is 1. The number of hydrogen-bond donors (Lipinski definition) is 1. The van der Waals surface area contributed by atoms with Crippen molar-refractivity contribution in [3.8, 4) is 0 Å². The van der Waals surface area contributed by atoms with Crippen LogP contribution in [0.1, 0.15) is 93.2 Å². The number of thiazole rings is 1. The summed E-state index contributed by atoms with van der Waals surface area (Å²) in [6, 6.07) is 5.55.